The Bertz CT molecular complexity index is 423. The summed E-state index contributed by atoms with van der Waals surface area (Å²) in [5, 5.41) is 8.97. The van der Waals surface area contributed by atoms with Gasteiger partial charge in [0.05, 0.1) is 25.3 Å². The number of ether oxygens (including phenoxy) is 2. The molecule has 4 nitrogen and oxygen atoms in total. The first-order valence-corrected chi connectivity index (χ1v) is 4.77. The van der Waals surface area contributed by atoms with Gasteiger partial charge in [-0.15, -0.1) is 0 Å². The summed E-state index contributed by atoms with van der Waals surface area (Å²) in [5.74, 6) is 1.26. The van der Waals surface area contributed by atoms with E-state index in [9.17, 15) is 0 Å². The third kappa shape index (κ3) is 1.51. The fraction of sp³-hybridized carbons (Fsp3) is 0.364. The van der Waals surface area contributed by atoms with E-state index in [-0.39, 0.29) is 6.04 Å². The molecule has 0 unspecified atom stereocenters. The van der Waals surface area contributed by atoms with Crippen molar-refractivity contribution in [2.45, 2.75) is 12.5 Å². The van der Waals surface area contributed by atoms with E-state index >= 15 is 0 Å². The highest BCUT2D eigenvalue weighted by Crippen LogP contribution is 2.40. The fourth-order valence-electron chi connectivity index (χ4n) is 1.79. The van der Waals surface area contributed by atoms with E-state index in [0.717, 1.165) is 12.0 Å². The first-order valence-electron chi connectivity index (χ1n) is 4.77. The van der Waals surface area contributed by atoms with Crippen LogP contribution in [-0.2, 0) is 0 Å². The van der Waals surface area contributed by atoms with Crippen LogP contribution in [0.4, 0.5) is 0 Å². The van der Waals surface area contributed by atoms with E-state index in [0.29, 0.717) is 23.7 Å². The topological polar surface area (TPSA) is 68.3 Å². The van der Waals surface area contributed by atoms with Crippen molar-refractivity contribution in [3.63, 3.8) is 0 Å². The van der Waals surface area contributed by atoms with Crippen LogP contribution in [0.15, 0.2) is 12.1 Å². The van der Waals surface area contributed by atoms with Gasteiger partial charge in [-0.1, -0.05) is 0 Å². The van der Waals surface area contributed by atoms with Gasteiger partial charge in [0.2, 0.25) is 0 Å². The lowest BCUT2D eigenvalue weighted by molar-refractivity contribution is 0.252. The van der Waals surface area contributed by atoms with E-state index in [2.05, 4.69) is 6.07 Å². The van der Waals surface area contributed by atoms with Crippen molar-refractivity contribution in [2.24, 2.45) is 5.73 Å². The summed E-state index contributed by atoms with van der Waals surface area (Å²) in [6.07, 6.45) is 0.731. The number of nitrogens with two attached hydrogens (primary N) is 1. The minimum atomic E-state index is -0.140. The van der Waals surface area contributed by atoms with E-state index in [1.165, 1.54) is 0 Å². The summed E-state index contributed by atoms with van der Waals surface area (Å²) < 4.78 is 10.7. The second-order valence-corrected chi connectivity index (χ2v) is 3.41. The molecule has 0 spiro atoms. The minimum absolute atomic E-state index is 0.140. The number of nitrogens with zero attached hydrogens (tertiary/aromatic N) is 1. The molecule has 0 aromatic heterocycles. The van der Waals surface area contributed by atoms with Gasteiger partial charge in [0.25, 0.3) is 0 Å². The molecule has 1 aromatic rings. The molecule has 1 aliphatic heterocycles. The van der Waals surface area contributed by atoms with Crippen LogP contribution < -0.4 is 15.2 Å². The number of benzene rings is 1. The van der Waals surface area contributed by atoms with Gasteiger partial charge >= 0.3 is 0 Å². The first kappa shape index (κ1) is 9.81. The molecule has 0 bridgehead atoms. The van der Waals surface area contributed by atoms with Crippen LogP contribution in [0.1, 0.15) is 23.6 Å². The lowest BCUT2D eigenvalue weighted by Crippen LogP contribution is -2.22. The number of methoxy groups -OCH3 is 1. The van der Waals surface area contributed by atoms with Crippen molar-refractivity contribution in [1.29, 1.82) is 5.26 Å². The molecule has 4 heteroatoms. The number of nitriles is 1. The lowest BCUT2D eigenvalue weighted by Gasteiger charge is -2.25. The van der Waals surface area contributed by atoms with Gasteiger partial charge in [-0.05, 0) is 12.1 Å². The zero-order valence-corrected chi connectivity index (χ0v) is 8.49. The van der Waals surface area contributed by atoms with Crippen LogP contribution in [0.3, 0.4) is 0 Å². The highest BCUT2D eigenvalue weighted by atomic mass is 16.5. The van der Waals surface area contributed by atoms with Gasteiger partial charge in [0.1, 0.15) is 0 Å². The van der Waals surface area contributed by atoms with Crippen LogP contribution in [0.25, 0.3) is 0 Å². The summed E-state index contributed by atoms with van der Waals surface area (Å²) in [4.78, 5) is 0. The van der Waals surface area contributed by atoms with Crippen molar-refractivity contribution < 1.29 is 9.47 Å². The van der Waals surface area contributed by atoms with Gasteiger partial charge in [-0.25, -0.2) is 0 Å². The maximum absolute atomic E-state index is 8.97. The molecule has 78 valence electrons. The Kier molecular flexibility index (Phi) is 2.48. The molecule has 1 aliphatic rings. The molecule has 0 saturated carbocycles. The maximum Gasteiger partial charge on any atom is 0.167 e. The quantitative estimate of drug-likeness (QED) is 0.749. The molecule has 1 heterocycles. The Morgan fingerprint density at radius 1 is 1.60 bits per heavy atom. The van der Waals surface area contributed by atoms with Crippen LogP contribution >= 0.6 is 0 Å². The first-order chi connectivity index (χ1) is 7.27. The molecule has 15 heavy (non-hydrogen) atoms. The molecular weight excluding hydrogens is 192 g/mol. The molecule has 2 N–H and O–H groups in total. The largest absolute Gasteiger partial charge is 0.493 e. The Labute approximate surface area is 88.2 Å². The van der Waals surface area contributed by atoms with Crippen molar-refractivity contribution in [3.8, 4) is 17.6 Å². The van der Waals surface area contributed by atoms with Crippen molar-refractivity contribution >= 4 is 0 Å². The third-order valence-corrected chi connectivity index (χ3v) is 2.55. The molecular formula is C11H12N2O2. The Hall–Kier alpha value is -1.73. The second kappa shape index (κ2) is 3.79. The van der Waals surface area contributed by atoms with Crippen LogP contribution in [0.5, 0.6) is 11.5 Å². The summed E-state index contributed by atoms with van der Waals surface area (Å²) in [7, 11) is 1.57. The van der Waals surface area contributed by atoms with Crippen LogP contribution in [0, 0.1) is 11.3 Å². The minimum Gasteiger partial charge on any atom is -0.493 e. The van der Waals surface area contributed by atoms with E-state index in [1.54, 1.807) is 19.2 Å². The highest BCUT2D eigenvalue weighted by Gasteiger charge is 2.24. The Morgan fingerprint density at radius 3 is 3.07 bits per heavy atom. The third-order valence-electron chi connectivity index (χ3n) is 2.55. The predicted octanol–water partition coefficient (Wildman–Crippen LogP) is 1.35. The molecule has 0 fully saturated rings. The molecule has 2 rings (SSSR count). The Balaban J connectivity index is 2.63. The zero-order valence-electron chi connectivity index (χ0n) is 8.49. The van der Waals surface area contributed by atoms with Crippen LogP contribution in [0.2, 0.25) is 0 Å². The fourth-order valence-corrected chi connectivity index (χ4v) is 1.79. The van der Waals surface area contributed by atoms with Gasteiger partial charge in [0.15, 0.2) is 11.5 Å². The average molecular weight is 204 g/mol. The normalized spacial score (nSPS) is 18.6. The molecule has 1 aromatic carbocycles. The average Bonchev–Trinajstić information content (AvgIpc) is 2.28. The van der Waals surface area contributed by atoms with E-state index in [4.69, 9.17) is 20.5 Å². The summed E-state index contributed by atoms with van der Waals surface area (Å²) in [6.45, 7) is 0.569. The van der Waals surface area contributed by atoms with Gasteiger partial charge in [-0.3, -0.25) is 0 Å². The van der Waals surface area contributed by atoms with Crippen molar-refractivity contribution in [2.75, 3.05) is 13.7 Å². The standard InChI is InChI=1S/C11H12N2O2/c1-14-9-3-2-7(6-12)10-8(13)4-5-15-11(9)10/h2-3,8H,4-5,13H2,1H3/t8-/m0/s1. The summed E-state index contributed by atoms with van der Waals surface area (Å²) >= 11 is 0. The van der Waals surface area contributed by atoms with E-state index < -0.39 is 0 Å². The molecule has 0 radical (unpaired) electrons. The Morgan fingerprint density at radius 2 is 2.40 bits per heavy atom. The summed E-state index contributed by atoms with van der Waals surface area (Å²) in [5.41, 5.74) is 7.29. The summed E-state index contributed by atoms with van der Waals surface area (Å²) in [6, 6.07) is 5.43. The number of hydrogen-bond acceptors (Lipinski definition) is 4. The van der Waals surface area contributed by atoms with Gasteiger partial charge < -0.3 is 15.2 Å². The molecule has 0 aliphatic carbocycles. The molecule has 0 saturated heterocycles. The van der Waals surface area contributed by atoms with Crippen molar-refractivity contribution in [3.05, 3.63) is 23.3 Å². The number of hydrogen-bond donors (Lipinski definition) is 1. The predicted molar refractivity (Wildman–Crippen MR) is 54.7 cm³/mol. The zero-order chi connectivity index (χ0) is 10.8. The molecule has 1 atom stereocenters. The number of rotatable bonds is 1. The SMILES string of the molecule is COc1ccc(C#N)c2c1OCC[C@@H]2N. The monoisotopic (exact) mass is 204 g/mol. The highest BCUT2D eigenvalue weighted by molar-refractivity contribution is 5.56. The molecule has 0 amide bonds. The van der Waals surface area contributed by atoms with Gasteiger partial charge in [-0.2, -0.15) is 5.26 Å². The second-order valence-electron chi connectivity index (χ2n) is 3.41. The smallest absolute Gasteiger partial charge is 0.167 e. The van der Waals surface area contributed by atoms with Gasteiger partial charge in [0, 0.05) is 18.0 Å². The number of fused-ring (bicyclic) bond motifs is 1. The van der Waals surface area contributed by atoms with Crippen LogP contribution in [-0.4, -0.2) is 13.7 Å². The maximum atomic E-state index is 8.97. The lowest BCUT2D eigenvalue weighted by atomic mass is 9.96. The van der Waals surface area contributed by atoms with E-state index in [1.807, 2.05) is 0 Å². The van der Waals surface area contributed by atoms with Crippen molar-refractivity contribution in [1.82, 2.24) is 0 Å².